The molecule has 6 nitrogen and oxygen atoms in total. The number of fused-ring (bicyclic) bond motifs is 1. The van der Waals surface area contributed by atoms with E-state index in [-0.39, 0.29) is 18.4 Å². The van der Waals surface area contributed by atoms with Gasteiger partial charge in [-0.2, -0.15) is 4.98 Å². The number of amides is 1. The Labute approximate surface area is 174 Å². The molecule has 1 aromatic heterocycles. The van der Waals surface area contributed by atoms with Crippen LogP contribution in [0.3, 0.4) is 0 Å². The third-order valence-corrected chi connectivity index (χ3v) is 5.06. The summed E-state index contributed by atoms with van der Waals surface area (Å²) in [5.74, 6) is 1.71. The number of aryl methyl sites for hydroxylation is 1. The van der Waals surface area contributed by atoms with Crippen molar-refractivity contribution >= 4 is 16.7 Å². The van der Waals surface area contributed by atoms with Crippen molar-refractivity contribution in [3.63, 3.8) is 0 Å². The third-order valence-electron chi connectivity index (χ3n) is 5.06. The minimum atomic E-state index is -0.0997. The fraction of sp³-hybridized carbons (Fsp3) is 0.208. The molecule has 4 aromatic rings. The quantitative estimate of drug-likeness (QED) is 0.485. The lowest BCUT2D eigenvalue weighted by Crippen LogP contribution is -2.26. The summed E-state index contributed by atoms with van der Waals surface area (Å²) in [6, 6.07) is 21.6. The molecule has 1 amide bonds. The van der Waals surface area contributed by atoms with Crippen molar-refractivity contribution in [2.75, 3.05) is 7.11 Å². The van der Waals surface area contributed by atoms with Crippen LogP contribution in [0.5, 0.6) is 5.75 Å². The number of ether oxygens (including phenoxy) is 1. The highest BCUT2D eigenvalue weighted by Gasteiger charge is 2.14. The molecule has 152 valence electrons. The van der Waals surface area contributed by atoms with Crippen LogP contribution in [-0.4, -0.2) is 23.2 Å². The average molecular weight is 401 g/mol. The monoisotopic (exact) mass is 401 g/mol. The summed E-state index contributed by atoms with van der Waals surface area (Å²) in [5.41, 5.74) is 1.93. The van der Waals surface area contributed by atoms with Gasteiger partial charge < -0.3 is 14.6 Å². The van der Waals surface area contributed by atoms with Crippen LogP contribution >= 0.6 is 0 Å². The highest BCUT2D eigenvalue weighted by molar-refractivity contribution is 5.94. The van der Waals surface area contributed by atoms with Crippen LogP contribution in [-0.2, 0) is 11.2 Å². The molecule has 0 aliphatic carbocycles. The van der Waals surface area contributed by atoms with Crippen LogP contribution in [0, 0.1) is 0 Å². The topological polar surface area (TPSA) is 77.2 Å². The Balaban J connectivity index is 1.37. The zero-order valence-corrected chi connectivity index (χ0v) is 17.0. The largest absolute Gasteiger partial charge is 0.497 e. The van der Waals surface area contributed by atoms with Gasteiger partial charge in [0.05, 0.1) is 13.2 Å². The number of aromatic nitrogens is 2. The van der Waals surface area contributed by atoms with Gasteiger partial charge in [0, 0.05) is 18.4 Å². The van der Waals surface area contributed by atoms with Crippen molar-refractivity contribution in [3.05, 3.63) is 78.2 Å². The van der Waals surface area contributed by atoms with Crippen molar-refractivity contribution in [2.24, 2.45) is 0 Å². The molecule has 0 bridgehead atoms. The van der Waals surface area contributed by atoms with E-state index < -0.39 is 0 Å². The van der Waals surface area contributed by atoms with E-state index in [4.69, 9.17) is 9.26 Å². The Bertz CT molecular complexity index is 1150. The second kappa shape index (κ2) is 8.78. The first kappa shape index (κ1) is 19.6. The molecule has 0 saturated heterocycles. The molecule has 0 aliphatic heterocycles. The number of rotatable bonds is 7. The van der Waals surface area contributed by atoms with Gasteiger partial charge in [0.2, 0.25) is 17.6 Å². The second-order valence-corrected chi connectivity index (χ2v) is 7.10. The standard InChI is InChI=1S/C24H23N3O3/c1-16(17-10-12-19(29-2)13-11-17)25-22(28)14-15-23-26-24(27-30-23)21-9-5-7-18-6-3-4-8-20(18)21/h3-13,16H,14-15H2,1-2H3,(H,25,28)/t16-/m0/s1. The molecule has 3 aromatic carbocycles. The summed E-state index contributed by atoms with van der Waals surface area (Å²) in [5, 5.41) is 9.29. The third kappa shape index (κ3) is 4.33. The molecule has 0 unspecified atom stereocenters. The summed E-state index contributed by atoms with van der Waals surface area (Å²) in [6.45, 7) is 1.95. The van der Waals surface area contributed by atoms with Gasteiger partial charge in [0.25, 0.3) is 0 Å². The second-order valence-electron chi connectivity index (χ2n) is 7.10. The molecular formula is C24H23N3O3. The van der Waals surface area contributed by atoms with Gasteiger partial charge in [-0.25, -0.2) is 0 Å². The van der Waals surface area contributed by atoms with Crippen molar-refractivity contribution in [2.45, 2.75) is 25.8 Å². The van der Waals surface area contributed by atoms with E-state index in [1.807, 2.05) is 73.7 Å². The predicted molar refractivity (Wildman–Crippen MR) is 115 cm³/mol. The molecule has 6 heteroatoms. The lowest BCUT2D eigenvalue weighted by Gasteiger charge is -2.14. The van der Waals surface area contributed by atoms with Crippen LogP contribution in [0.15, 0.2) is 71.3 Å². The van der Waals surface area contributed by atoms with Gasteiger partial charge in [-0.1, -0.05) is 59.8 Å². The number of nitrogens with zero attached hydrogens (tertiary/aromatic N) is 2. The summed E-state index contributed by atoms with van der Waals surface area (Å²) in [7, 11) is 1.63. The van der Waals surface area contributed by atoms with Gasteiger partial charge in [-0.05, 0) is 35.4 Å². The lowest BCUT2D eigenvalue weighted by atomic mass is 10.0. The van der Waals surface area contributed by atoms with Crippen LogP contribution in [0.2, 0.25) is 0 Å². The van der Waals surface area contributed by atoms with E-state index in [9.17, 15) is 4.79 Å². The SMILES string of the molecule is COc1ccc([C@H](C)NC(=O)CCc2nc(-c3cccc4ccccc34)no2)cc1. The van der Waals surface area contributed by atoms with Gasteiger partial charge >= 0.3 is 0 Å². The van der Waals surface area contributed by atoms with E-state index in [0.717, 1.165) is 27.6 Å². The molecule has 0 saturated carbocycles. The first-order chi connectivity index (χ1) is 14.6. The number of hydrogen-bond donors (Lipinski definition) is 1. The summed E-state index contributed by atoms with van der Waals surface area (Å²) < 4.78 is 10.5. The Kier molecular flexibility index (Phi) is 5.75. The van der Waals surface area contributed by atoms with Crippen molar-refractivity contribution in [1.29, 1.82) is 0 Å². The van der Waals surface area contributed by atoms with Gasteiger partial charge in [-0.15, -0.1) is 0 Å². The van der Waals surface area contributed by atoms with Crippen molar-refractivity contribution in [3.8, 4) is 17.1 Å². The molecule has 0 spiro atoms. The fourth-order valence-corrected chi connectivity index (χ4v) is 3.40. The maximum atomic E-state index is 12.3. The van der Waals surface area contributed by atoms with E-state index in [0.29, 0.717) is 18.1 Å². The van der Waals surface area contributed by atoms with Gasteiger partial charge in [0.15, 0.2) is 0 Å². The number of benzene rings is 3. The molecular weight excluding hydrogens is 378 g/mol. The van der Waals surface area contributed by atoms with E-state index in [2.05, 4.69) is 15.5 Å². The number of nitrogens with one attached hydrogen (secondary N) is 1. The van der Waals surface area contributed by atoms with Crippen LogP contribution in [0.4, 0.5) is 0 Å². The van der Waals surface area contributed by atoms with Crippen LogP contribution in [0.25, 0.3) is 22.2 Å². The van der Waals surface area contributed by atoms with E-state index in [1.54, 1.807) is 7.11 Å². The maximum absolute atomic E-state index is 12.3. The van der Waals surface area contributed by atoms with Gasteiger partial charge in [-0.3, -0.25) is 4.79 Å². The van der Waals surface area contributed by atoms with Gasteiger partial charge in [0.1, 0.15) is 5.75 Å². The van der Waals surface area contributed by atoms with E-state index in [1.165, 1.54) is 0 Å². The summed E-state index contributed by atoms with van der Waals surface area (Å²) in [4.78, 5) is 16.8. The fourth-order valence-electron chi connectivity index (χ4n) is 3.40. The van der Waals surface area contributed by atoms with Crippen LogP contribution in [0.1, 0.15) is 30.8 Å². The minimum Gasteiger partial charge on any atom is -0.497 e. The first-order valence-corrected chi connectivity index (χ1v) is 9.88. The molecule has 1 atom stereocenters. The molecule has 4 rings (SSSR count). The Morgan fingerprint density at radius 2 is 1.83 bits per heavy atom. The predicted octanol–water partition coefficient (Wildman–Crippen LogP) is 4.71. The molecule has 30 heavy (non-hydrogen) atoms. The number of hydrogen-bond acceptors (Lipinski definition) is 5. The molecule has 0 radical (unpaired) electrons. The van der Waals surface area contributed by atoms with Crippen molar-refractivity contribution < 1.29 is 14.1 Å². The minimum absolute atomic E-state index is 0.0665. The zero-order chi connectivity index (χ0) is 20.9. The summed E-state index contributed by atoms with van der Waals surface area (Å²) >= 11 is 0. The normalized spacial score (nSPS) is 11.9. The maximum Gasteiger partial charge on any atom is 0.227 e. The highest BCUT2D eigenvalue weighted by atomic mass is 16.5. The highest BCUT2D eigenvalue weighted by Crippen LogP contribution is 2.26. The molecule has 0 fully saturated rings. The average Bonchev–Trinajstić information content (AvgIpc) is 3.26. The lowest BCUT2D eigenvalue weighted by molar-refractivity contribution is -0.121. The Hall–Kier alpha value is -3.67. The smallest absolute Gasteiger partial charge is 0.227 e. The number of carbonyl (C=O) groups excluding carboxylic acids is 1. The van der Waals surface area contributed by atoms with Crippen LogP contribution < -0.4 is 10.1 Å². The van der Waals surface area contributed by atoms with E-state index >= 15 is 0 Å². The number of carbonyl (C=O) groups is 1. The Morgan fingerprint density at radius 3 is 2.63 bits per heavy atom. The molecule has 0 aliphatic rings. The summed E-state index contributed by atoms with van der Waals surface area (Å²) in [6.07, 6.45) is 0.663. The zero-order valence-electron chi connectivity index (χ0n) is 17.0. The number of methoxy groups -OCH3 is 1. The molecule has 1 N–H and O–H groups in total. The first-order valence-electron chi connectivity index (χ1n) is 9.88. The Morgan fingerprint density at radius 1 is 1.07 bits per heavy atom. The van der Waals surface area contributed by atoms with Crippen molar-refractivity contribution in [1.82, 2.24) is 15.5 Å². The molecule has 1 heterocycles.